The average Bonchev–Trinajstić information content (AvgIpc) is 2.75. The summed E-state index contributed by atoms with van der Waals surface area (Å²) < 4.78 is 11.1. The molecule has 0 radical (unpaired) electrons. The predicted molar refractivity (Wildman–Crippen MR) is 88.4 cm³/mol. The molecule has 3 rings (SSSR count). The van der Waals surface area contributed by atoms with Crippen LogP contribution in [-0.2, 0) is 11.3 Å². The zero-order valence-electron chi connectivity index (χ0n) is 12.4. The van der Waals surface area contributed by atoms with Gasteiger partial charge in [0, 0.05) is 16.1 Å². The summed E-state index contributed by atoms with van der Waals surface area (Å²) in [7, 11) is 0. The van der Waals surface area contributed by atoms with E-state index >= 15 is 0 Å². The third-order valence-corrected chi connectivity index (χ3v) is 4.03. The standard InChI is InChI=1S/C18H16ClNO3/c1-2-22-18(21)20-11-13-7-3-6-10-16(13)23-17(12-20)14-8-4-5-9-15(14)19/h2-10,17H,1,11-12H2. The number of carbonyl (C=O) groups excluding carboxylic acids is 1. The van der Waals surface area contributed by atoms with Crippen LogP contribution in [0.5, 0.6) is 5.75 Å². The summed E-state index contributed by atoms with van der Waals surface area (Å²) in [6, 6.07) is 15.1. The van der Waals surface area contributed by atoms with E-state index in [1.54, 1.807) is 4.90 Å². The maximum Gasteiger partial charge on any atom is 0.415 e. The van der Waals surface area contributed by atoms with Gasteiger partial charge >= 0.3 is 6.09 Å². The molecule has 0 aromatic heterocycles. The van der Waals surface area contributed by atoms with Gasteiger partial charge in [-0.25, -0.2) is 4.79 Å². The molecule has 1 amide bonds. The van der Waals surface area contributed by atoms with Crippen LogP contribution in [0.15, 0.2) is 61.4 Å². The molecule has 2 aromatic carbocycles. The lowest BCUT2D eigenvalue weighted by atomic mass is 10.1. The molecule has 5 heteroatoms. The zero-order valence-corrected chi connectivity index (χ0v) is 13.2. The molecule has 1 aliphatic rings. The Kier molecular flexibility index (Phi) is 4.53. The summed E-state index contributed by atoms with van der Waals surface area (Å²) in [6.07, 6.45) is 0.298. The van der Waals surface area contributed by atoms with E-state index in [0.717, 1.165) is 23.1 Å². The molecule has 0 aliphatic carbocycles. The Hall–Kier alpha value is -2.46. The zero-order chi connectivity index (χ0) is 16.2. The number of fused-ring (bicyclic) bond motifs is 1. The van der Waals surface area contributed by atoms with Crippen molar-refractivity contribution in [1.29, 1.82) is 0 Å². The van der Waals surface area contributed by atoms with Gasteiger partial charge in [-0.15, -0.1) is 0 Å². The molecule has 1 unspecified atom stereocenters. The van der Waals surface area contributed by atoms with Crippen LogP contribution in [0.3, 0.4) is 0 Å². The van der Waals surface area contributed by atoms with E-state index in [2.05, 4.69) is 6.58 Å². The van der Waals surface area contributed by atoms with Gasteiger partial charge in [-0.3, -0.25) is 4.90 Å². The summed E-state index contributed by atoms with van der Waals surface area (Å²) in [5.74, 6) is 0.742. The Balaban J connectivity index is 1.99. The van der Waals surface area contributed by atoms with Crippen LogP contribution in [0.25, 0.3) is 0 Å². The number of halogens is 1. The smallest absolute Gasteiger partial charge is 0.415 e. The SMILES string of the molecule is C=COC(=O)N1Cc2ccccc2OC(c2ccccc2Cl)C1. The van der Waals surface area contributed by atoms with Crippen LogP contribution in [0.2, 0.25) is 5.02 Å². The van der Waals surface area contributed by atoms with Crippen LogP contribution in [-0.4, -0.2) is 17.5 Å². The van der Waals surface area contributed by atoms with E-state index in [9.17, 15) is 4.79 Å². The highest BCUT2D eigenvalue weighted by atomic mass is 35.5. The molecule has 0 bridgehead atoms. The minimum Gasteiger partial charge on any atom is -0.483 e. The number of nitrogens with zero attached hydrogens (tertiary/aromatic N) is 1. The third-order valence-electron chi connectivity index (χ3n) is 3.68. The van der Waals surface area contributed by atoms with E-state index in [1.165, 1.54) is 0 Å². The largest absolute Gasteiger partial charge is 0.483 e. The van der Waals surface area contributed by atoms with Gasteiger partial charge in [-0.2, -0.15) is 0 Å². The van der Waals surface area contributed by atoms with E-state index in [-0.39, 0.29) is 6.10 Å². The fraction of sp³-hybridized carbons (Fsp3) is 0.167. The fourth-order valence-corrected chi connectivity index (χ4v) is 2.85. The minimum absolute atomic E-state index is 0.338. The number of ether oxygens (including phenoxy) is 2. The molecule has 4 nitrogen and oxygen atoms in total. The van der Waals surface area contributed by atoms with Crippen molar-refractivity contribution >= 4 is 17.7 Å². The molecule has 0 spiro atoms. The van der Waals surface area contributed by atoms with Crippen molar-refractivity contribution in [3.63, 3.8) is 0 Å². The topological polar surface area (TPSA) is 38.8 Å². The normalized spacial score (nSPS) is 16.7. The number of hydrogen-bond donors (Lipinski definition) is 0. The van der Waals surface area contributed by atoms with E-state index in [0.29, 0.717) is 18.1 Å². The molecule has 0 saturated heterocycles. The second-order valence-electron chi connectivity index (χ2n) is 5.17. The van der Waals surface area contributed by atoms with E-state index in [4.69, 9.17) is 21.1 Å². The molecule has 2 aromatic rings. The monoisotopic (exact) mass is 329 g/mol. The molecule has 1 aliphatic heterocycles. The molecule has 1 heterocycles. The Morgan fingerprint density at radius 1 is 1.26 bits per heavy atom. The van der Waals surface area contributed by atoms with Gasteiger partial charge in [0.1, 0.15) is 11.9 Å². The number of amides is 1. The minimum atomic E-state index is -0.461. The fourth-order valence-electron chi connectivity index (χ4n) is 2.59. The first-order valence-corrected chi connectivity index (χ1v) is 7.62. The summed E-state index contributed by atoms with van der Waals surface area (Å²) in [5.41, 5.74) is 1.75. The van der Waals surface area contributed by atoms with Gasteiger partial charge in [0.2, 0.25) is 0 Å². The van der Waals surface area contributed by atoms with Crippen LogP contribution in [0.4, 0.5) is 4.79 Å². The Morgan fingerprint density at radius 3 is 2.78 bits per heavy atom. The predicted octanol–water partition coefficient (Wildman–Crippen LogP) is 4.56. The first kappa shape index (κ1) is 15.4. The Morgan fingerprint density at radius 2 is 2.00 bits per heavy atom. The van der Waals surface area contributed by atoms with Gasteiger partial charge in [0.05, 0.1) is 19.4 Å². The van der Waals surface area contributed by atoms with Crippen LogP contribution >= 0.6 is 11.6 Å². The third kappa shape index (κ3) is 3.32. The van der Waals surface area contributed by atoms with Gasteiger partial charge in [-0.1, -0.05) is 54.6 Å². The van der Waals surface area contributed by atoms with Crippen molar-refractivity contribution in [3.8, 4) is 5.75 Å². The second kappa shape index (κ2) is 6.75. The van der Waals surface area contributed by atoms with Gasteiger partial charge in [-0.05, 0) is 12.1 Å². The second-order valence-corrected chi connectivity index (χ2v) is 5.57. The molecule has 0 fully saturated rings. The summed E-state index contributed by atoms with van der Waals surface area (Å²) in [4.78, 5) is 13.8. The van der Waals surface area contributed by atoms with Crippen molar-refractivity contribution in [1.82, 2.24) is 4.90 Å². The van der Waals surface area contributed by atoms with Crippen molar-refractivity contribution in [2.75, 3.05) is 6.54 Å². The molecular formula is C18H16ClNO3. The van der Waals surface area contributed by atoms with Crippen LogP contribution in [0.1, 0.15) is 17.2 Å². The maximum absolute atomic E-state index is 12.2. The summed E-state index contributed by atoms with van der Waals surface area (Å²) in [6.45, 7) is 4.18. The van der Waals surface area contributed by atoms with Gasteiger partial charge in [0.25, 0.3) is 0 Å². The van der Waals surface area contributed by atoms with Crippen molar-refractivity contribution in [2.45, 2.75) is 12.6 Å². The van der Waals surface area contributed by atoms with Gasteiger partial charge in [0.15, 0.2) is 0 Å². The number of para-hydroxylation sites is 1. The van der Waals surface area contributed by atoms with E-state index < -0.39 is 6.09 Å². The summed E-state index contributed by atoms with van der Waals surface area (Å²) in [5, 5.41) is 0.605. The molecule has 0 N–H and O–H groups in total. The lowest BCUT2D eigenvalue weighted by Crippen LogP contribution is -2.33. The van der Waals surface area contributed by atoms with E-state index in [1.807, 2.05) is 48.5 Å². The lowest BCUT2D eigenvalue weighted by Gasteiger charge is -2.23. The Labute approximate surface area is 139 Å². The molecular weight excluding hydrogens is 314 g/mol. The molecule has 0 saturated carbocycles. The highest BCUT2D eigenvalue weighted by molar-refractivity contribution is 6.31. The van der Waals surface area contributed by atoms with Gasteiger partial charge < -0.3 is 9.47 Å². The maximum atomic E-state index is 12.2. The van der Waals surface area contributed by atoms with Crippen LogP contribution in [0, 0.1) is 0 Å². The number of rotatable bonds is 2. The Bertz CT molecular complexity index is 732. The first-order chi connectivity index (χ1) is 11.2. The number of hydrogen-bond acceptors (Lipinski definition) is 3. The quantitative estimate of drug-likeness (QED) is 0.758. The molecule has 1 atom stereocenters. The average molecular weight is 330 g/mol. The first-order valence-electron chi connectivity index (χ1n) is 7.24. The number of carbonyl (C=O) groups is 1. The van der Waals surface area contributed by atoms with Crippen molar-refractivity contribution in [3.05, 3.63) is 77.5 Å². The molecule has 118 valence electrons. The summed E-state index contributed by atoms with van der Waals surface area (Å²) >= 11 is 6.30. The number of benzene rings is 2. The van der Waals surface area contributed by atoms with Crippen molar-refractivity contribution in [2.24, 2.45) is 0 Å². The highest BCUT2D eigenvalue weighted by Gasteiger charge is 2.28. The highest BCUT2D eigenvalue weighted by Crippen LogP contribution is 2.33. The van der Waals surface area contributed by atoms with Crippen molar-refractivity contribution < 1.29 is 14.3 Å². The van der Waals surface area contributed by atoms with Crippen LogP contribution < -0.4 is 4.74 Å². The lowest BCUT2D eigenvalue weighted by molar-refractivity contribution is 0.111. The molecule has 23 heavy (non-hydrogen) atoms.